The molecule has 12 nitrogen and oxygen atoms in total. The Balaban J connectivity index is 1.80. The monoisotopic (exact) mass is 581 g/mol. The molecule has 3 aromatic rings. The van der Waals surface area contributed by atoms with Gasteiger partial charge < -0.3 is 38.3 Å². The van der Waals surface area contributed by atoms with Crippen molar-refractivity contribution >= 4 is 11.7 Å². The van der Waals surface area contributed by atoms with Crippen LogP contribution in [0.15, 0.2) is 36.4 Å². The van der Waals surface area contributed by atoms with E-state index in [0.29, 0.717) is 40.4 Å². The molecule has 1 N–H and O–H groups in total. The summed E-state index contributed by atoms with van der Waals surface area (Å²) in [7, 11) is 5.90. The van der Waals surface area contributed by atoms with Crippen LogP contribution >= 0.6 is 0 Å². The van der Waals surface area contributed by atoms with Crippen molar-refractivity contribution in [1.29, 1.82) is 0 Å². The van der Waals surface area contributed by atoms with E-state index in [1.54, 1.807) is 13.0 Å². The number of aliphatic hydroxyl groups is 1. The number of carbonyl (C=O) groups excluding carboxylic acids is 1. The van der Waals surface area contributed by atoms with Gasteiger partial charge in [-0.1, -0.05) is 6.92 Å². The Morgan fingerprint density at radius 3 is 2.24 bits per heavy atom. The SMILES string of the molecule is COc1cc2c(c(OC)c1OC)-c1c(cc3c(c1OC)OCO3)C[C@H](C)[C@](C)(O)[C@H]2OC(=O)c1ccc([N+](=O)[O-])cc1. The number of hydrogen-bond acceptors (Lipinski definition) is 11. The van der Waals surface area contributed by atoms with E-state index in [0.717, 1.165) is 5.56 Å². The fourth-order valence-electron chi connectivity index (χ4n) is 5.52. The maximum absolute atomic E-state index is 13.5. The summed E-state index contributed by atoms with van der Waals surface area (Å²) < 4.78 is 40.6. The summed E-state index contributed by atoms with van der Waals surface area (Å²) in [5.41, 5.74) is 0.429. The number of fused-ring (bicyclic) bond motifs is 4. The molecule has 0 amide bonds. The molecule has 1 aliphatic carbocycles. The summed E-state index contributed by atoms with van der Waals surface area (Å²) in [5.74, 6) is 0.822. The second kappa shape index (κ2) is 10.9. The number of nitrogens with zero attached hydrogens (tertiary/aromatic N) is 1. The zero-order chi connectivity index (χ0) is 30.3. The quantitative estimate of drug-likeness (QED) is 0.232. The third-order valence-electron chi connectivity index (χ3n) is 7.89. The first kappa shape index (κ1) is 28.8. The number of non-ortho nitro benzene ring substituents is 1. The van der Waals surface area contributed by atoms with Gasteiger partial charge in [0.2, 0.25) is 18.3 Å². The Kier molecular flexibility index (Phi) is 7.50. The van der Waals surface area contributed by atoms with E-state index in [9.17, 15) is 20.0 Å². The van der Waals surface area contributed by atoms with Gasteiger partial charge in [-0.25, -0.2) is 4.79 Å². The molecule has 3 atom stereocenters. The lowest BCUT2D eigenvalue weighted by Gasteiger charge is -2.41. The Hall–Kier alpha value is -4.71. The third kappa shape index (κ3) is 4.57. The van der Waals surface area contributed by atoms with Gasteiger partial charge >= 0.3 is 5.97 Å². The highest BCUT2D eigenvalue weighted by molar-refractivity contribution is 5.92. The predicted octanol–water partition coefficient (Wildman–Crippen LogP) is 4.87. The number of rotatable bonds is 7. The fraction of sp³-hybridized carbons (Fsp3) is 0.367. The third-order valence-corrected chi connectivity index (χ3v) is 7.89. The van der Waals surface area contributed by atoms with Crippen molar-refractivity contribution in [3.05, 3.63) is 63.2 Å². The molecule has 0 radical (unpaired) electrons. The lowest BCUT2D eigenvalue weighted by Crippen LogP contribution is -2.43. The zero-order valence-corrected chi connectivity index (χ0v) is 24.0. The molecule has 3 aromatic carbocycles. The Morgan fingerprint density at radius 2 is 1.64 bits per heavy atom. The summed E-state index contributed by atoms with van der Waals surface area (Å²) in [6.45, 7) is 3.44. The minimum absolute atomic E-state index is 0.00720. The number of methoxy groups -OCH3 is 4. The van der Waals surface area contributed by atoms with Gasteiger partial charge in [-0.05, 0) is 49.1 Å². The summed E-state index contributed by atoms with van der Waals surface area (Å²) in [5, 5.41) is 23.2. The summed E-state index contributed by atoms with van der Waals surface area (Å²) in [6, 6.07) is 8.50. The second-order valence-corrected chi connectivity index (χ2v) is 10.2. The van der Waals surface area contributed by atoms with Crippen LogP contribution in [0.2, 0.25) is 0 Å². The first-order chi connectivity index (χ1) is 20.1. The van der Waals surface area contributed by atoms with E-state index in [1.165, 1.54) is 52.7 Å². The zero-order valence-electron chi connectivity index (χ0n) is 24.0. The molecule has 0 spiro atoms. The number of nitro groups is 1. The predicted molar refractivity (Wildman–Crippen MR) is 149 cm³/mol. The van der Waals surface area contributed by atoms with Crippen LogP contribution in [-0.4, -0.2) is 56.8 Å². The lowest BCUT2D eigenvalue weighted by atomic mass is 9.73. The van der Waals surface area contributed by atoms with Crippen LogP contribution in [0, 0.1) is 16.0 Å². The standard InChI is InChI=1S/C30H31NO11/c1-15-11-17-12-21-25(41-14-40-21)26(38-5)22(17)23-19(13-20(36-3)24(37-4)27(23)39-6)28(30(15,2)33)42-29(32)16-7-9-18(10-8-16)31(34)35/h7-10,12-13,15,28,33H,11,14H2,1-6H3/t15-,28-,30-/m0/s1. The normalized spacial score (nSPS) is 20.4. The Morgan fingerprint density at radius 1 is 0.976 bits per heavy atom. The van der Waals surface area contributed by atoms with Crippen molar-refractivity contribution in [2.45, 2.75) is 32.0 Å². The van der Waals surface area contributed by atoms with Gasteiger partial charge in [0, 0.05) is 28.8 Å². The second-order valence-electron chi connectivity index (χ2n) is 10.2. The topological polar surface area (TPSA) is 145 Å². The molecule has 0 saturated heterocycles. The number of ether oxygens (including phenoxy) is 7. The molecule has 0 bridgehead atoms. The molecule has 42 heavy (non-hydrogen) atoms. The van der Waals surface area contributed by atoms with Gasteiger partial charge in [0.15, 0.2) is 29.1 Å². The highest BCUT2D eigenvalue weighted by atomic mass is 16.7. The van der Waals surface area contributed by atoms with Crippen LogP contribution < -0.4 is 28.4 Å². The highest BCUT2D eigenvalue weighted by Crippen LogP contribution is 2.59. The van der Waals surface area contributed by atoms with Crippen molar-refractivity contribution in [3.63, 3.8) is 0 Å². The van der Waals surface area contributed by atoms with Crippen molar-refractivity contribution in [1.82, 2.24) is 0 Å². The van der Waals surface area contributed by atoms with Crippen LogP contribution in [-0.2, 0) is 11.2 Å². The van der Waals surface area contributed by atoms with Gasteiger partial charge in [-0.15, -0.1) is 0 Å². The van der Waals surface area contributed by atoms with Gasteiger partial charge in [0.1, 0.15) is 5.60 Å². The number of nitro benzene ring substituents is 1. The molecule has 1 aliphatic heterocycles. The van der Waals surface area contributed by atoms with Gasteiger partial charge in [-0.3, -0.25) is 10.1 Å². The van der Waals surface area contributed by atoms with E-state index in [-0.39, 0.29) is 35.3 Å². The number of benzene rings is 3. The highest BCUT2D eigenvalue weighted by Gasteiger charge is 2.47. The Bertz CT molecular complexity index is 1550. The molecular weight excluding hydrogens is 550 g/mol. The molecular formula is C30H31NO11. The maximum Gasteiger partial charge on any atom is 0.338 e. The Labute approximate surface area is 241 Å². The van der Waals surface area contributed by atoms with Crippen LogP contribution in [0.25, 0.3) is 11.1 Å². The largest absolute Gasteiger partial charge is 0.493 e. The number of carbonyl (C=O) groups is 1. The fourth-order valence-corrected chi connectivity index (χ4v) is 5.52. The molecule has 5 rings (SSSR count). The maximum atomic E-state index is 13.5. The minimum atomic E-state index is -1.63. The molecule has 0 fully saturated rings. The van der Waals surface area contributed by atoms with Gasteiger partial charge in [-0.2, -0.15) is 0 Å². The van der Waals surface area contributed by atoms with E-state index < -0.39 is 28.5 Å². The molecule has 1 heterocycles. The number of hydrogen-bond donors (Lipinski definition) is 1. The van der Waals surface area contributed by atoms with Crippen LogP contribution in [0.4, 0.5) is 5.69 Å². The molecule has 0 saturated carbocycles. The van der Waals surface area contributed by atoms with E-state index in [1.807, 2.05) is 13.0 Å². The summed E-state index contributed by atoms with van der Waals surface area (Å²) in [6.07, 6.45) is -0.931. The molecule has 222 valence electrons. The molecule has 2 aliphatic rings. The molecule has 12 heteroatoms. The average Bonchev–Trinajstić information content (AvgIpc) is 3.45. The average molecular weight is 582 g/mol. The van der Waals surface area contributed by atoms with Crippen LogP contribution in [0.3, 0.4) is 0 Å². The first-order valence-electron chi connectivity index (χ1n) is 13.1. The lowest BCUT2D eigenvalue weighted by molar-refractivity contribution is -0.384. The van der Waals surface area contributed by atoms with Crippen molar-refractivity contribution in [2.24, 2.45) is 5.92 Å². The first-order valence-corrected chi connectivity index (χ1v) is 13.1. The van der Waals surface area contributed by atoms with Crippen molar-refractivity contribution in [2.75, 3.05) is 35.2 Å². The van der Waals surface area contributed by atoms with E-state index in [4.69, 9.17) is 33.2 Å². The van der Waals surface area contributed by atoms with E-state index >= 15 is 0 Å². The van der Waals surface area contributed by atoms with Crippen LogP contribution in [0.1, 0.15) is 41.4 Å². The summed E-state index contributed by atoms with van der Waals surface area (Å²) >= 11 is 0. The van der Waals surface area contributed by atoms with Crippen molar-refractivity contribution < 1.29 is 48.0 Å². The summed E-state index contributed by atoms with van der Waals surface area (Å²) in [4.78, 5) is 24.1. The number of esters is 1. The van der Waals surface area contributed by atoms with Crippen molar-refractivity contribution in [3.8, 4) is 45.6 Å². The van der Waals surface area contributed by atoms with Crippen LogP contribution in [0.5, 0.6) is 34.5 Å². The minimum Gasteiger partial charge on any atom is -0.493 e. The molecule has 0 unspecified atom stereocenters. The van der Waals surface area contributed by atoms with Gasteiger partial charge in [0.05, 0.1) is 38.9 Å². The molecule has 0 aromatic heterocycles. The van der Waals surface area contributed by atoms with E-state index in [2.05, 4.69) is 0 Å². The van der Waals surface area contributed by atoms with Gasteiger partial charge in [0.25, 0.3) is 5.69 Å². The smallest absolute Gasteiger partial charge is 0.338 e.